The Labute approximate surface area is 217 Å². The molecule has 0 radical (unpaired) electrons. The maximum atomic E-state index is 13.6. The van der Waals surface area contributed by atoms with E-state index in [1.54, 1.807) is 12.1 Å². The Hall–Kier alpha value is -3.87. The van der Waals surface area contributed by atoms with Crippen LogP contribution < -0.4 is 10.6 Å². The Bertz CT molecular complexity index is 1240. The van der Waals surface area contributed by atoms with Crippen LogP contribution in [0.4, 0.5) is 10.5 Å². The zero-order chi connectivity index (χ0) is 26.2. The molecule has 0 spiro atoms. The lowest BCUT2D eigenvalue weighted by Crippen LogP contribution is -2.45. The van der Waals surface area contributed by atoms with Gasteiger partial charge < -0.3 is 20.6 Å². The Kier molecular flexibility index (Phi) is 8.77. The van der Waals surface area contributed by atoms with Gasteiger partial charge in [-0.05, 0) is 66.3 Å². The fourth-order valence-electron chi connectivity index (χ4n) is 5.08. The Morgan fingerprint density at radius 2 is 1.65 bits per heavy atom. The zero-order valence-corrected chi connectivity index (χ0v) is 21.3. The van der Waals surface area contributed by atoms with Crippen molar-refractivity contribution in [3.63, 3.8) is 0 Å². The van der Waals surface area contributed by atoms with E-state index in [-0.39, 0.29) is 30.9 Å². The molecule has 1 aliphatic carbocycles. The van der Waals surface area contributed by atoms with Gasteiger partial charge in [-0.3, -0.25) is 9.59 Å². The van der Waals surface area contributed by atoms with Gasteiger partial charge in [-0.2, -0.15) is 0 Å². The Morgan fingerprint density at radius 1 is 0.946 bits per heavy atom. The maximum absolute atomic E-state index is 13.6. The van der Waals surface area contributed by atoms with E-state index in [2.05, 4.69) is 23.6 Å². The molecule has 0 bridgehead atoms. The molecule has 1 unspecified atom stereocenters. The molecule has 37 heavy (non-hydrogen) atoms. The predicted octanol–water partition coefficient (Wildman–Crippen LogP) is 6.05. The van der Waals surface area contributed by atoms with Crippen LogP contribution in [0, 0.1) is 5.92 Å². The summed E-state index contributed by atoms with van der Waals surface area (Å²) in [5, 5.41) is 16.7. The highest BCUT2D eigenvalue weighted by atomic mass is 16.4. The lowest BCUT2D eigenvalue weighted by Gasteiger charge is -2.37. The van der Waals surface area contributed by atoms with Gasteiger partial charge in [0.2, 0.25) is 0 Å². The van der Waals surface area contributed by atoms with Crippen molar-refractivity contribution in [2.75, 3.05) is 11.9 Å². The fourth-order valence-corrected chi connectivity index (χ4v) is 5.08. The van der Waals surface area contributed by atoms with Gasteiger partial charge in [0, 0.05) is 30.4 Å². The molecule has 1 aliphatic rings. The fraction of sp³-hybridized carbons (Fsp3) is 0.367. The minimum Gasteiger partial charge on any atom is -0.481 e. The molecule has 1 fully saturated rings. The van der Waals surface area contributed by atoms with Crippen LogP contribution in [0.5, 0.6) is 0 Å². The van der Waals surface area contributed by atoms with E-state index in [4.69, 9.17) is 5.11 Å². The monoisotopic (exact) mass is 501 g/mol. The van der Waals surface area contributed by atoms with Crippen molar-refractivity contribution >= 4 is 34.4 Å². The van der Waals surface area contributed by atoms with E-state index in [9.17, 15) is 14.4 Å². The summed E-state index contributed by atoms with van der Waals surface area (Å²) in [6.07, 6.45) is 5.76. The second-order valence-electron chi connectivity index (χ2n) is 9.86. The summed E-state index contributed by atoms with van der Waals surface area (Å²) < 4.78 is 0. The minimum absolute atomic E-state index is 0.0692. The first-order valence-corrected chi connectivity index (χ1v) is 13.1. The molecule has 194 valence electrons. The standard InChI is InChI=1S/C30H35N3O4/c1-21(23-7-3-2-4-8-23)33(30(37)32-27-16-15-24-9-5-6-10-26(24)19-27)20-22-11-13-25(14-12-22)29(36)31-18-17-28(34)35/h5-6,9-16,19,21,23H,2-4,7-8,17-18,20H2,1H3,(H,31,36)(H,32,37)(H,34,35). The van der Waals surface area contributed by atoms with Gasteiger partial charge in [0.1, 0.15) is 0 Å². The lowest BCUT2D eigenvalue weighted by atomic mass is 9.84. The molecule has 0 heterocycles. The molecular formula is C30H35N3O4. The number of benzene rings is 3. The summed E-state index contributed by atoms with van der Waals surface area (Å²) in [6, 6.07) is 21.1. The van der Waals surface area contributed by atoms with E-state index in [1.165, 1.54) is 19.3 Å². The van der Waals surface area contributed by atoms with Gasteiger partial charge in [-0.25, -0.2) is 4.79 Å². The van der Waals surface area contributed by atoms with E-state index >= 15 is 0 Å². The number of carbonyl (C=O) groups is 3. The topological polar surface area (TPSA) is 98.7 Å². The number of nitrogens with one attached hydrogen (secondary N) is 2. The number of carbonyl (C=O) groups excluding carboxylic acids is 2. The van der Waals surface area contributed by atoms with Gasteiger partial charge in [0.05, 0.1) is 6.42 Å². The summed E-state index contributed by atoms with van der Waals surface area (Å²) in [5.41, 5.74) is 2.15. The van der Waals surface area contributed by atoms with Crippen molar-refractivity contribution in [1.82, 2.24) is 10.2 Å². The van der Waals surface area contributed by atoms with Crippen LogP contribution in [-0.2, 0) is 11.3 Å². The number of hydrogen-bond acceptors (Lipinski definition) is 3. The van der Waals surface area contributed by atoms with Crippen LogP contribution in [0.15, 0.2) is 66.7 Å². The van der Waals surface area contributed by atoms with Crippen LogP contribution in [0.3, 0.4) is 0 Å². The summed E-state index contributed by atoms with van der Waals surface area (Å²) >= 11 is 0. The molecule has 0 saturated heterocycles. The van der Waals surface area contributed by atoms with E-state index < -0.39 is 5.97 Å². The number of fused-ring (bicyclic) bond motifs is 1. The lowest BCUT2D eigenvalue weighted by molar-refractivity contribution is -0.136. The molecule has 3 aromatic rings. The maximum Gasteiger partial charge on any atom is 0.322 e. The number of carboxylic acids is 1. The van der Waals surface area contributed by atoms with Crippen LogP contribution in [0.1, 0.15) is 61.4 Å². The average molecular weight is 502 g/mol. The number of carboxylic acid groups (broad SMARTS) is 1. The van der Waals surface area contributed by atoms with Gasteiger partial charge in [0.15, 0.2) is 0 Å². The number of anilines is 1. The van der Waals surface area contributed by atoms with Gasteiger partial charge in [-0.15, -0.1) is 0 Å². The molecule has 1 atom stereocenters. The van der Waals surface area contributed by atoms with Gasteiger partial charge in [-0.1, -0.05) is 61.7 Å². The van der Waals surface area contributed by atoms with E-state index in [0.29, 0.717) is 18.0 Å². The Morgan fingerprint density at radius 3 is 2.35 bits per heavy atom. The molecule has 3 aromatic carbocycles. The average Bonchev–Trinajstić information content (AvgIpc) is 2.91. The van der Waals surface area contributed by atoms with Crippen LogP contribution in [-0.4, -0.2) is 40.5 Å². The van der Waals surface area contributed by atoms with Crippen molar-refractivity contribution in [2.45, 2.75) is 58.0 Å². The Balaban J connectivity index is 1.48. The molecule has 3 N–H and O–H groups in total. The van der Waals surface area contributed by atoms with E-state index in [0.717, 1.165) is 34.9 Å². The molecule has 7 nitrogen and oxygen atoms in total. The summed E-state index contributed by atoms with van der Waals surface area (Å²) in [6.45, 7) is 2.65. The van der Waals surface area contributed by atoms with Crippen molar-refractivity contribution < 1.29 is 19.5 Å². The largest absolute Gasteiger partial charge is 0.481 e. The third kappa shape index (κ3) is 7.09. The third-order valence-electron chi connectivity index (χ3n) is 7.28. The first-order valence-electron chi connectivity index (χ1n) is 13.1. The molecule has 0 aromatic heterocycles. The number of rotatable bonds is 9. The molecule has 0 aliphatic heterocycles. The number of urea groups is 1. The van der Waals surface area contributed by atoms with E-state index in [1.807, 2.05) is 53.4 Å². The highest BCUT2D eigenvalue weighted by Crippen LogP contribution is 2.30. The van der Waals surface area contributed by atoms with Gasteiger partial charge in [0.25, 0.3) is 5.91 Å². The molecule has 7 heteroatoms. The SMILES string of the molecule is CC(C1CCCCC1)N(Cc1ccc(C(=O)NCCC(=O)O)cc1)C(=O)Nc1ccc2ccccc2c1. The highest BCUT2D eigenvalue weighted by molar-refractivity contribution is 5.95. The smallest absolute Gasteiger partial charge is 0.322 e. The minimum atomic E-state index is -0.954. The first-order chi connectivity index (χ1) is 17.9. The van der Waals surface area contributed by atoms with Crippen LogP contribution in [0.25, 0.3) is 10.8 Å². The number of hydrogen-bond donors (Lipinski definition) is 3. The summed E-state index contributed by atoms with van der Waals surface area (Å²) in [4.78, 5) is 38.5. The third-order valence-corrected chi connectivity index (χ3v) is 7.28. The quantitative estimate of drug-likeness (QED) is 0.332. The molecule has 3 amide bonds. The zero-order valence-electron chi connectivity index (χ0n) is 21.3. The number of amides is 3. The first kappa shape index (κ1) is 26.2. The number of aliphatic carboxylic acids is 1. The normalized spacial score (nSPS) is 14.6. The van der Waals surface area contributed by atoms with Gasteiger partial charge >= 0.3 is 12.0 Å². The summed E-state index contributed by atoms with van der Waals surface area (Å²) in [7, 11) is 0. The highest BCUT2D eigenvalue weighted by Gasteiger charge is 2.29. The van der Waals surface area contributed by atoms with Crippen molar-refractivity contribution in [3.05, 3.63) is 77.9 Å². The second-order valence-corrected chi connectivity index (χ2v) is 9.86. The van der Waals surface area contributed by atoms with Crippen molar-refractivity contribution in [1.29, 1.82) is 0 Å². The number of nitrogens with zero attached hydrogens (tertiary/aromatic N) is 1. The summed E-state index contributed by atoms with van der Waals surface area (Å²) in [5.74, 6) is -0.811. The molecule has 1 saturated carbocycles. The van der Waals surface area contributed by atoms with Crippen molar-refractivity contribution in [3.8, 4) is 0 Å². The van der Waals surface area contributed by atoms with Crippen LogP contribution >= 0.6 is 0 Å². The second kappa shape index (κ2) is 12.4. The predicted molar refractivity (Wildman–Crippen MR) is 146 cm³/mol. The van der Waals surface area contributed by atoms with Crippen molar-refractivity contribution in [2.24, 2.45) is 5.92 Å². The molecule has 4 rings (SSSR count). The molecular weight excluding hydrogens is 466 g/mol. The van der Waals surface area contributed by atoms with Crippen LogP contribution in [0.2, 0.25) is 0 Å².